The zero-order chi connectivity index (χ0) is 24.4. The summed E-state index contributed by atoms with van der Waals surface area (Å²) in [6.07, 6.45) is 0. The van der Waals surface area contributed by atoms with Crippen LogP contribution in [0.5, 0.6) is 0 Å². The van der Waals surface area contributed by atoms with Gasteiger partial charge < -0.3 is 20.2 Å². The van der Waals surface area contributed by atoms with E-state index in [1.165, 1.54) is 19.1 Å². The van der Waals surface area contributed by atoms with Crippen LogP contribution in [0.1, 0.15) is 26.3 Å². The fourth-order valence-electron chi connectivity index (χ4n) is 3.97. The molecule has 4 rings (SSSR count). The van der Waals surface area contributed by atoms with E-state index in [2.05, 4.69) is 22.2 Å². The van der Waals surface area contributed by atoms with E-state index in [1.807, 2.05) is 18.2 Å². The summed E-state index contributed by atoms with van der Waals surface area (Å²) in [7, 11) is 2.07. The lowest BCUT2D eigenvalue weighted by Crippen LogP contribution is -2.44. The van der Waals surface area contributed by atoms with Gasteiger partial charge in [-0.3, -0.25) is 4.79 Å². The van der Waals surface area contributed by atoms with Crippen LogP contribution >= 0.6 is 11.6 Å². The lowest BCUT2D eigenvalue weighted by molar-refractivity contribution is 0.0696. The summed E-state index contributed by atoms with van der Waals surface area (Å²) >= 11 is 6.27. The van der Waals surface area contributed by atoms with Gasteiger partial charge in [0.2, 0.25) is 0 Å². The molecule has 3 aromatic carbocycles. The van der Waals surface area contributed by atoms with Crippen LogP contribution in [0.4, 0.5) is 15.8 Å². The number of aromatic carboxylic acids is 1. The highest BCUT2D eigenvalue weighted by atomic mass is 35.5. The summed E-state index contributed by atoms with van der Waals surface area (Å²) in [6.45, 7) is 4.94. The second kappa shape index (κ2) is 9.83. The number of nitrogens with one attached hydrogen (secondary N) is 1. The molecule has 0 radical (unpaired) electrons. The van der Waals surface area contributed by atoms with Gasteiger partial charge in [0.25, 0.3) is 5.91 Å². The minimum atomic E-state index is -0.989. The minimum Gasteiger partial charge on any atom is -0.478 e. The molecular formula is C26H25ClFN3O3. The fourth-order valence-corrected chi connectivity index (χ4v) is 4.21. The summed E-state index contributed by atoms with van der Waals surface area (Å²) < 4.78 is 13.8. The van der Waals surface area contributed by atoms with Crippen LogP contribution in [0.2, 0.25) is 5.02 Å². The molecule has 0 aromatic heterocycles. The number of anilines is 2. The number of nitrogens with zero attached hydrogens (tertiary/aromatic N) is 2. The van der Waals surface area contributed by atoms with Crippen molar-refractivity contribution >= 4 is 34.9 Å². The first kappa shape index (κ1) is 23.7. The number of halogens is 2. The number of piperazine rings is 1. The Hall–Kier alpha value is -3.42. The van der Waals surface area contributed by atoms with Crippen molar-refractivity contribution < 1.29 is 19.1 Å². The topological polar surface area (TPSA) is 72.9 Å². The summed E-state index contributed by atoms with van der Waals surface area (Å²) in [6, 6.07) is 15.0. The first-order chi connectivity index (χ1) is 16.2. The van der Waals surface area contributed by atoms with E-state index in [9.17, 15) is 14.0 Å². The number of carbonyl (C=O) groups excluding carboxylic acids is 1. The summed E-state index contributed by atoms with van der Waals surface area (Å²) in [5.41, 5.74) is 3.75. The second-order valence-electron chi connectivity index (χ2n) is 8.39. The van der Waals surface area contributed by atoms with E-state index in [-0.39, 0.29) is 21.7 Å². The lowest BCUT2D eigenvalue weighted by Gasteiger charge is -2.35. The molecule has 2 N–H and O–H groups in total. The monoisotopic (exact) mass is 481 g/mol. The molecular weight excluding hydrogens is 457 g/mol. The molecule has 0 saturated carbocycles. The maximum absolute atomic E-state index is 13.8. The molecule has 1 aliphatic heterocycles. The van der Waals surface area contributed by atoms with Crippen molar-refractivity contribution in [1.29, 1.82) is 0 Å². The number of hydrogen-bond acceptors (Lipinski definition) is 4. The molecule has 0 unspecified atom stereocenters. The molecule has 6 nitrogen and oxygen atoms in total. The molecule has 1 saturated heterocycles. The van der Waals surface area contributed by atoms with Gasteiger partial charge in [0.1, 0.15) is 5.82 Å². The average Bonchev–Trinajstić information content (AvgIpc) is 2.83. The van der Waals surface area contributed by atoms with Gasteiger partial charge in [0.05, 0.1) is 27.5 Å². The quantitative estimate of drug-likeness (QED) is 0.527. The van der Waals surface area contributed by atoms with Crippen LogP contribution in [0.3, 0.4) is 0 Å². The lowest BCUT2D eigenvalue weighted by atomic mass is 10.0. The third-order valence-electron chi connectivity index (χ3n) is 6.12. The Balaban J connectivity index is 1.71. The smallest absolute Gasteiger partial charge is 0.335 e. The third kappa shape index (κ3) is 4.90. The molecule has 8 heteroatoms. The number of benzene rings is 3. The van der Waals surface area contributed by atoms with Crippen molar-refractivity contribution in [2.75, 3.05) is 43.4 Å². The van der Waals surface area contributed by atoms with Gasteiger partial charge in [-0.2, -0.15) is 0 Å². The molecule has 1 fully saturated rings. The van der Waals surface area contributed by atoms with Gasteiger partial charge in [-0.05, 0) is 61.5 Å². The number of likely N-dealkylation sites (N-methyl/N-ethyl adjacent to an activating group) is 1. The molecule has 3 aromatic rings. The Morgan fingerprint density at radius 1 is 0.971 bits per heavy atom. The number of carbonyl (C=O) groups is 2. The van der Waals surface area contributed by atoms with Crippen LogP contribution in [0.15, 0.2) is 54.6 Å². The van der Waals surface area contributed by atoms with Gasteiger partial charge in [-0.15, -0.1) is 0 Å². The van der Waals surface area contributed by atoms with Crippen LogP contribution in [-0.4, -0.2) is 55.1 Å². The Bertz CT molecular complexity index is 1240. The van der Waals surface area contributed by atoms with E-state index in [0.717, 1.165) is 43.0 Å². The zero-order valence-electron chi connectivity index (χ0n) is 18.9. The van der Waals surface area contributed by atoms with E-state index in [4.69, 9.17) is 16.7 Å². The summed E-state index contributed by atoms with van der Waals surface area (Å²) in [5, 5.41) is 12.2. The van der Waals surface area contributed by atoms with E-state index < -0.39 is 17.7 Å². The zero-order valence-corrected chi connectivity index (χ0v) is 19.7. The SMILES string of the molecule is Cc1c(F)ccc(C(=O)Nc2cc(-c3ccc(C(=O)O)cc3)ccc2N2CCN(C)CC2)c1Cl. The van der Waals surface area contributed by atoms with Gasteiger partial charge in [0.15, 0.2) is 0 Å². The van der Waals surface area contributed by atoms with Crippen LogP contribution < -0.4 is 10.2 Å². The van der Waals surface area contributed by atoms with Crippen LogP contribution in [0.25, 0.3) is 11.1 Å². The number of amides is 1. The Morgan fingerprint density at radius 3 is 2.26 bits per heavy atom. The predicted octanol–water partition coefficient (Wildman–Crippen LogP) is 5.16. The molecule has 0 atom stereocenters. The molecule has 1 heterocycles. The normalized spacial score (nSPS) is 14.2. The third-order valence-corrected chi connectivity index (χ3v) is 6.61. The first-order valence-electron chi connectivity index (χ1n) is 10.9. The number of carboxylic acid groups (broad SMARTS) is 1. The van der Waals surface area contributed by atoms with Crippen molar-refractivity contribution in [3.63, 3.8) is 0 Å². The van der Waals surface area contributed by atoms with Gasteiger partial charge in [0, 0.05) is 31.7 Å². The Labute approximate surface area is 202 Å². The molecule has 0 aliphatic carbocycles. The molecule has 0 spiro atoms. The summed E-state index contributed by atoms with van der Waals surface area (Å²) in [4.78, 5) is 28.8. The van der Waals surface area contributed by atoms with Gasteiger partial charge in [-0.25, -0.2) is 9.18 Å². The molecule has 1 amide bonds. The fraction of sp³-hybridized carbons (Fsp3) is 0.231. The molecule has 34 heavy (non-hydrogen) atoms. The van der Waals surface area contributed by atoms with Crippen molar-refractivity contribution in [2.45, 2.75) is 6.92 Å². The van der Waals surface area contributed by atoms with Crippen LogP contribution in [-0.2, 0) is 0 Å². The average molecular weight is 482 g/mol. The maximum atomic E-state index is 13.8. The van der Waals surface area contributed by atoms with Crippen molar-refractivity contribution in [1.82, 2.24) is 4.90 Å². The molecule has 176 valence electrons. The van der Waals surface area contributed by atoms with Gasteiger partial charge in [-0.1, -0.05) is 29.8 Å². The van der Waals surface area contributed by atoms with E-state index in [1.54, 1.807) is 24.3 Å². The molecule has 0 bridgehead atoms. The highest BCUT2D eigenvalue weighted by Crippen LogP contribution is 2.33. The number of hydrogen-bond donors (Lipinski definition) is 2. The second-order valence-corrected chi connectivity index (χ2v) is 8.77. The standard InChI is InChI=1S/C26H25ClFN3O3/c1-16-21(28)9-8-20(24(16)27)25(32)29-22-15-19(17-3-5-18(6-4-17)26(33)34)7-10-23(22)31-13-11-30(2)12-14-31/h3-10,15H,11-14H2,1-2H3,(H,29,32)(H,33,34). The number of carboxylic acids is 1. The Morgan fingerprint density at radius 2 is 1.62 bits per heavy atom. The predicted molar refractivity (Wildman–Crippen MR) is 133 cm³/mol. The van der Waals surface area contributed by atoms with Crippen molar-refractivity contribution in [3.8, 4) is 11.1 Å². The minimum absolute atomic E-state index is 0.0825. The highest BCUT2D eigenvalue weighted by molar-refractivity contribution is 6.35. The summed E-state index contributed by atoms with van der Waals surface area (Å²) in [5.74, 6) is -1.88. The Kier molecular flexibility index (Phi) is 6.86. The molecule has 1 aliphatic rings. The van der Waals surface area contributed by atoms with E-state index >= 15 is 0 Å². The van der Waals surface area contributed by atoms with E-state index in [0.29, 0.717) is 5.69 Å². The van der Waals surface area contributed by atoms with Gasteiger partial charge >= 0.3 is 5.97 Å². The van der Waals surface area contributed by atoms with Crippen molar-refractivity contribution in [2.24, 2.45) is 0 Å². The van der Waals surface area contributed by atoms with Crippen molar-refractivity contribution in [3.05, 3.63) is 82.1 Å². The highest BCUT2D eigenvalue weighted by Gasteiger charge is 2.21. The number of rotatable bonds is 5. The maximum Gasteiger partial charge on any atom is 0.335 e. The first-order valence-corrected chi connectivity index (χ1v) is 11.3. The largest absolute Gasteiger partial charge is 0.478 e. The van der Waals surface area contributed by atoms with Crippen LogP contribution in [0, 0.1) is 12.7 Å².